The highest BCUT2D eigenvalue weighted by atomic mass is 16.2. The molecule has 0 spiro atoms. The first-order chi connectivity index (χ1) is 12.5. The van der Waals surface area contributed by atoms with Crippen LogP contribution < -0.4 is 11.1 Å². The van der Waals surface area contributed by atoms with Gasteiger partial charge in [0.25, 0.3) is 5.91 Å². The van der Waals surface area contributed by atoms with Crippen molar-refractivity contribution in [3.05, 3.63) is 82.7 Å². The fourth-order valence-electron chi connectivity index (χ4n) is 2.90. The van der Waals surface area contributed by atoms with E-state index in [1.807, 2.05) is 50.2 Å². The third-order valence-corrected chi connectivity index (χ3v) is 4.18. The molecular weight excluding hydrogens is 328 g/mol. The molecule has 26 heavy (non-hydrogen) atoms. The van der Waals surface area contributed by atoms with Crippen LogP contribution in [0, 0.1) is 13.8 Å². The van der Waals surface area contributed by atoms with E-state index >= 15 is 0 Å². The molecule has 3 N–H and O–H groups in total. The molecule has 0 unspecified atom stereocenters. The zero-order chi connectivity index (χ0) is 18.7. The Morgan fingerprint density at radius 1 is 1.08 bits per heavy atom. The Balaban J connectivity index is 1.80. The Hall–Kier alpha value is -3.41. The van der Waals surface area contributed by atoms with E-state index in [0.717, 1.165) is 16.9 Å². The van der Waals surface area contributed by atoms with Crippen LogP contribution in [0.4, 0.5) is 0 Å². The van der Waals surface area contributed by atoms with Crippen molar-refractivity contribution in [1.29, 1.82) is 0 Å². The number of benzene rings is 2. The quantitative estimate of drug-likeness (QED) is 0.742. The largest absolute Gasteiger partial charge is 0.366 e. The smallest absolute Gasteiger partial charge is 0.255 e. The lowest BCUT2D eigenvalue weighted by molar-refractivity contribution is 0.0949. The van der Waals surface area contributed by atoms with Gasteiger partial charge in [-0.25, -0.2) is 4.68 Å². The molecule has 3 rings (SSSR count). The van der Waals surface area contributed by atoms with Crippen molar-refractivity contribution in [2.45, 2.75) is 20.4 Å². The van der Waals surface area contributed by atoms with Gasteiger partial charge in [0.15, 0.2) is 0 Å². The second-order valence-corrected chi connectivity index (χ2v) is 6.04. The summed E-state index contributed by atoms with van der Waals surface area (Å²) in [5.41, 5.74) is 9.41. The molecule has 3 aromatic rings. The molecule has 6 nitrogen and oxygen atoms in total. The summed E-state index contributed by atoms with van der Waals surface area (Å²) in [6.07, 6.45) is 0. The van der Waals surface area contributed by atoms with Crippen molar-refractivity contribution in [2.75, 3.05) is 0 Å². The molecule has 0 aliphatic rings. The molecule has 0 fully saturated rings. The summed E-state index contributed by atoms with van der Waals surface area (Å²) >= 11 is 0. The fraction of sp³-hybridized carbons (Fsp3) is 0.150. The van der Waals surface area contributed by atoms with E-state index in [2.05, 4.69) is 10.4 Å². The molecule has 1 aromatic heterocycles. The molecule has 2 amide bonds. The SMILES string of the molecule is Cc1nn(-c2ccccc2)c(C)c1C(=O)NCc1cccc(C(N)=O)c1. The third-order valence-electron chi connectivity index (χ3n) is 4.18. The molecular formula is C20H20N4O2. The average Bonchev–Trinajstić information content (AvgIpc) is 2.95. The summed E-state index contributed by atoms with van der Waals surface area (Å²) in [7, 11) is 0. The van der Waals surface area contributed by atoms with Gasteiger partial charge in [0, 0.05) is 12.1 Å². The maximum absolute atomic E-state index is 12.7. The number of nitrogens with zero attached hydrogens (tertiary/aromatic N) is 2. The first kappa shape index (κ1) is 17.4. The first-order valence-corrected chi connectivity index (χ1v) is 8.26. The number of primary amides is 1. The summed E-state index contributed by atoms with van der Waals surface area (Å²) in [5.74, 6) is -0.694. The van der Waals surface area contributed by atoms with Gasteiger partial charge in [-0.3, -0.25) is 9.59 Å². The average molecular weight is 348 g/mol. The zero-order valence-electron chi connectivity index (χ0n) is 14.7. The van der Waals surface area contributed by atoms with Crippen molar-refractivity contribution in [1.82, 2.24) is 15.1 Å². The number of rotatable bonds is 5. The molecule has 0 saturated carbocycles. The number of aromatic nitrogens is 2. The number of amides is 2. The lowest BCUT2D eigenvalue weighted by Gasteiger charge is -2.08. The van der Waals surface area contributed by atoms with Crippen LogP contribution in [0.1, 0.15) is 37.7 Å². The predicted molar refractivity (Wildman–Crippen MR) is 99.2 cm³/mol. The predicted octanol–water partition coefficient (Wildman–Crippen LogP) is 2.52. The van der Waals surface area contributed by atoms with Gasteiger partial charge in [-0.1, -0.05) is 30.3 Å². The maximum Gasteiger partial charge on any atom is 0.255 e. The summed E-state index contributed by atoms with van der Waals surface area (Å²) in [5, 5.41) is 7.37. The summed E-state index contributed by atoms with van der Waals surface area (Å²) in [6, 6.07) is 16.6. The molecule has 1 heterocycles. The topological polar surface area (TPSA) is 90.0 Å². The van der Waals surface area contributed by atoms with Crippen molar-refractivity contribution >= 4 is 11.8 Å². The van der Waals surface area contributed by atoms with Gasteiger partial charge in [0.2, 0.25) is 5.91 Å². The zero-order valence-corrected chi connectivity index (χ0v) is 14.7. The molecule has 2 aromatic carbocycles. The van der Waals surface area contributed by atoms with Gasteiger partial charge in [0.05, 0.1) is 22.6 Å². The van der Waals surface area contributed by atoms with Crippen LogP contribution in [-0.2, 0) is 6.54 Å². The van der Waals surface area contributed by atoms with E-state index in [4.69, 9.17) is 5.73 Å². The number of nitrogens with one attached hydrogen (secondary N) is 1. The van der Waals surface area contributed by atoms with Gasteiger partial charge >= 0.3 is 0 Å². The Labute approximate surface area is 151 Å². The lowest BCUT2D eigenvalue weighted by Crippen LogP contribution is -2.24. The normalized spacial score (nSPS) is 10.5. The molecule has 0 radical (unpaired) electrons. The Morgan fingerprint density at radius 3 is 2.50 bits per heavy atom. The number of hydrogen-bond donors (Lipinski definition) is 2. The van der Waals surface area contributed by atoms with E-state index in [0.29, 0.717) is 23.4 Å². The highest BCUT2D eigenvalue weighted by molar-refractivity contribution is 5.96. The number of carbonyl (C=O) groups is 2. The van der Waals surface area contributed by atoms with Crippen LogP contribution in [0.2, 0.25) is 0 Å². The monoisotopic (exact) mass is 348 g/mol. The van der Waals surface area contributed by atoms with Gasteiger partial charge in [0.1, 0.15) is 0 Å². The van der Waals surface area contributed by atoms with Crippen LogP contribution in [0.15, 0.2) is 54.6 Å². The van der Waals surface area contributed by atoms with E-state index in [-0.39, 0.29) is 5.91 Å². The Morgan fingerprint density at radius 2 is 1.81 bits per heavy atom. The van der Waals surface area contributed by atoms with Crippen LogP contribution in [0.25, 0.3) is 5.69 Å². The summed E-state index contributed by atoms with van der Waals surface area (Å²) in [6.45, 7) is 3.99. The number of aryl methyl sites for hydroxylation is 1. The van der Waals surface area contributed by atoms with Gasteiger partial charge in [-0.15, -0.1) is 0 Å². The van der Waals surface area contributed by atoms with Gasteiger partial charge in [-0.05, 0) is 43.7 Å². The lowest BCUT2D eigenvalue weighted by atomic mass is 10.1. The molecule has 0 aliphatic carbocycles. The molecule has 0 aliphatic heterocycles. The van der Waals surface area contributed by atoms with Crippen LogP contribution in [0.5, 0.6) is 0 Å². The minimum atomic E-state index is -0.492. The van der Waals surface area contributed by atoms with E-state index < -0.39 is 5.91 Å². The number of para-hydroxylation sites is 1. The van der Waals surface area contributed by atoms with Crippen molar-refractivity contribution in [3.63, 3.8) is 0 Å². The molecule has 132 valence electrons. The van der Waals surface area contributed by atoms with Gasteiger partial charge < -0.3 is 11.1 Å². The first-order valence-electron chi connectivity index (χ1n) is 8.26. The number of nitrogens with two attached hydrogens (primary N) is 1. The van der Waals surface area contributed by atoms with E-state index in [1.165, 1.54) is 0 Å². The second-order valence-electron chi connectivity index (χ2n) is 6.04. The third kappa shape index (κ3) is 3.49. The number of hydrogen-bond acceptors (Lipinski definition) is 3. The van der Waals surface area contributed by atoms with Crippen LogP contribution in [-0.4, -0.2) is 21.6 Å². The van der Waals surface area contributed by atoms with Crippen molar-refractivity contribution < 1.29 is 9.59 Å². The molecule has 0 atom stereocenters. The Bertz CT molecular complexity index is 961. The van der Waals surface area contributed by atoms with Crippen molar-refractivity contribution in [2.24, 2.45) is 5.73 Å². The second kappa shape index (κ2) is 7.23. The highest BCUT2D eigenvalue weighted by Crippen LogP contribution is 2.18. The molecule has 6 heteroatoms. The summed E-state index contributed by atoms with van der Waals surface area (Å²) in [4.78, 5) is 23.9. The van der Waals surface area contributed by atoms with E-state index in [9.17, 15) is 9.59 Å². The Kier molecular flexibility index (Phi) is 4.84. The van der Waals surface area contributed by atoms with Crippen LogP contribution >= 0.6 is 0 Å². The molecule has 0 bridgehead atoms. The number of carbonyl (C=O) groups excluding carboxylic acids is 2. The van der Waals surface area contributed by atoms with Crippen molar-refractivity contribution in [3.8, 4) is 5.69 Å². The highest BCUT2D eigenvalue weighted by Gasteiger charge is 2.19. The van der Waals surface area contributed by atoms with E-state index in [1.54, 1.807) is 22.9 Å². The van der Waals surface area contributed by atoms with Crippen LogP contribution in [0.3, 0.4) is 0 Å². The minimum absolute atomic E-state index is 0.202. The standard InChI is InChI=1S/C20H20N4O2/c1-13-18(14(2)24(23-13)17-9-4-3-5-10-17)20(26)22-12-15-7-6-8-16(11-15)19(21)25/h3-11H,12H2,1-2H3,(H2,21,25)(H,22,26). The minimum Gasteiger partial charge on any atom is -0.366 e. The molecule has 0 saturated heterocycles. The fourth-order valence-corrected chi connectivity index (χ4v) is 2.90. The van der Waals surface area contributed by atoms with Gasteiger partial charge in [-0.2, -0.15) is 5.10 Å². The summed E-state index contributed by atoms with van der Waals surface area (Å²) < 4.78 is 1.76. The maximum atomic E-state index is 12.7.